The first kappa shape index (κ1) is 12.3. The molecule has 0 saturated carbocycles. The molecule has 0 spiro atoms. The minimum Gasteiger partial charge on any atom is -0.302 e. The second kappa shape index (κ2) is 5.45. The van der Waals surface area contributed by atoms with Gasteiger partial charge in [0.25, 0.3) is 0 Å². The fourth-order valence-electron chi connectivity index (χ4n) is 2.47. The Bertz CT molecular complexity index is 386. The second-order valence-electron chi connectivity index (χ2n) is 4.77. The smallest absolute Gasteiger partial charge is 0.137 e. The first-order chi connectivity index (χ1) is 8.24. The average Bonchev–Trinajstić information content (AvgIpc) is 2.71. The number of aryl methyl sites for hydroxylation is 2. The molecule has 0 aliphatic carbocycles. The summed E-state index contributed by atoms with van der Waals surface area (Å²) in [5.74, 6) is 0. The summed E-state index contributed by atoms with van der Waals surface area (Å²) < 4.78 is 1.94. The van der Waals surface area contributed by atoms with Crippen LogP contribution in [0, 0.1) is 0 Å². The molecule has 1 atom stereocenters. The lowest BCUT2D eigenvalue weighted by Crippen LogP contribution is -2.40. The summed E-state index contributed by atoms with van der Waals surface area (Å²) in [5.41, 5.74) is 2.33. The van der Waals surface area contributed by atoms with Crippen LogP contribution in [0.5, 0.6) is 0 Å². The quantitative estimate of drug-likeness (QED) is 0.743. The molecular formula is C13H21N3O. The van der Waals surface area contributed by atoms with E-state index in [0.29, 0.717) is 0 Å². The first-order valence-electron chi connectivity index (χ1n) is 6.45. The number of aromatic nitrogens is 2. The van der Waals surface area contributed by atoms with Crippen LogP contribution < -0.4 is 0 Å². The molecule has 1 aromatic heterocycles. The van der Waals surface area contributed by atoms with Crippen molar-refractivity contribution in [2.45, 2.75) is 45.2 Å². The lowest BCUT2D eigenvalue weighted by Gasteiger charge is -2.31. The Hall–Kier alpha value is -1.16. The third-order valence-electron chi connectivity index (χ3n) is 3.58. The Kier molecular flexibility index (Phi) is 3.94. The number of piperidine rings is 1. The third kappa shape index (κ3) is 2.75. The summed E-state index contributed by atoms with van der Waals surface area (Å²) >= 11 is 0. The standard InChI is InChI=1S/C13H21N3O/c1-3-11-8-13(15(2)14-11)9-16-7-5-4-6-12(16)10-17/h8,10,12H,3-7,9H2,1-2H3. The van der Waals surface area contributed by atoms with Crippen molar-refractivity contribution >= 4 is 6.29 Å². The summed E-state index contributed by atoms with van der Waals surface area (Å²) in [6.45, 7) is 3.98. The zero-order valence-electron chi connectivity index (χ0n) is 10.7. The van der Waals surface area contributed by atoms with Gasteiger partial charge in [-0.25, -0.2) is 0 Å². The van der Waals surface area contributed by atoms with Gasteiger partial charge in [-0.3, -0.25) is 9.58 Å². The maximum absolute atomic E-state index is 11.0. The molecule has 0 aromatic carbocycles. The topological polar surface area (TPSA) is 38.1 Å². The predicted molar refractivity (Wildman–Crippen MR) is 66.7 cm³/mol. The van der Waals surface area contributed by atoms with Crippen LogP contribution >= 0.6 is 0 Å². The molecule has 4 heteroatoms. The molecule has 0 amide bonds. The van der Waals surface area contributed by atoms with Crippen molar-refractivity contribution in [3.63, 3.8) is 0 Å². The van der Waals surface area contributed by atoms with Crippen LogP contribution in [0.2, 0.25) is 0 Å². The van der Waals surface area contributed by atoms with Crippen LogP contribution in [0.3, 0.4) is 0 Å². The molecule has 0 bridgehead atoms. The molecule has 94 valence electrons. The van der Waals surface area contributed by atoms with Gasteiger partial charge < -0.3 is 4.79 Å². The van der Waals surface area contributed by atoms with Gasteiger partial charge in [0.05, 0.1) is 17.4 Å². The molecule has 1 fully saturated rings. The summed E-state index contributed by atoms with van der Waals surface area (Å²) in [6.07, 6.45) is 5.43. The molecule has 17 heavy (non-hydrogen) atoms. The van der Waals surface area contributed by atoms with Crippen LogP contribution in [0.25, 0.3) is 0 Å². The van der Waals surface area contributed by atoms with E-state index in [1.165, 1.54) is 18.5 Å². The maximum atomic E-state index is 11.0. The van der Waals surface area contributed by atoms with Gasteiger partial charge in [-0.15, -0.1) is 0 Å². The number of hydrogen-bond donors (Lipinski definition) is 0. The number of rotatable bonds is 4. The third-order valence-corrected chi connectivity index (χ3v) is 3.58. The van der Waals surface area contributed by atoms with E-state index >= 15 is 0 Å². The number of likely N-dealkylation sites (tertiary alicyclic amines) is 1. The van der Waals surface area contributed by atoms with Crippen molar-refractivity contribution in [1.82, 2.24) is 14.7 Å². The number of carbonyl (C=O) groups is 1. The van der Waals surface area contributed by atoms with Crippen molar-refractivity contribution < 1.29 is 4.79 Å². The molecular weight excluding hydrogens is 214 g/mol. The van der Waals surface area contributed by atoms with Gasteiger partial charge in [0.2, 0.25) is 0 Å². The van der Waals surface area contributed by atoms with Crippen molar-refractivity contribution in [3.05, 3.63) is 17.5 Å². The highest BCUT2D eigenvalue weighted by atomic mass is 16.1. The number of hydrogen-bond acceptors (Lipinski definition) is 3. The molecule has 2 rings (SSSR count). The van der Waals surface area contributed by atoms with E-state index < -0.39 is 0 Å². The highest BCUT2D eigenvalue weighted by Crippen LogP contribution is 2.18. The van der Waals surface area contributed by atoms with E-state index in [-0.39, 0.29) is 6.04 Å². The van der Waals surface area contributed by atoms with Crippen LogP contribution in [-0.4, -0.2) is 33.6 Å². The summed E-state index contributed by atoms with van der Waals surface area (Å²) in [7, 11) is 1.98. The van der Waals surface area contributed by atoms with Gasteiger partial charge in [0, 0.05) is 13.6 Å². The van der Waals surface area contributed by atoms with Gasteiger partial charge in [-0.1, -0.05) is 13.3 Å². The molecule has 2 heterocycles. The molecule has 0 N–H and O–H groups in total. The van der Waals surface area contributed by atoms with E-state index in [2.05, 4.69) is 23.0 Å². The molecule has 1 unspecified atom stereocenters. The molecule has 1 aliphatic heterocycles. The summed E-state index contributed by atoms with van der Waals surface area (Å²) in [6, 6.07) is 2.25. The number of carbonyl (C=O) groups excluding carboxylic acids is 1. The van der Waals surface area contributed by atoms with Crippen LogP contribution in [0.1, 0.15) is 37.6 Å². The van der Waals surface area contributed by atoms with Crippen molar-refractivity contribution in [2.75, 3.05) is 6.54 Å². The fourth-order valence-corrected chi connectivity index (χ4v) is 2.47. The SMILES string of the molecule is CCc1cc(CN2CCCCC2C=O)n(C)n1. The Labute approximate surface area is 103 Å². The normalized spacial score (nSPS) is 21.6. The molecule has 4 nitrogen and oxygen atoms in total. The Morgan fingerprint density at radius 1 is 1.53 bits per heavy atom. The Morgan fingerprint density at radius 2 is 2.35 bits per heavy atom. The highest BCUT2D eigenvalue weighted by Gasteiger charge is 2.22. The monoisotopic (exact) mass is 235 g/mol. The van der Waals surface area contributed by atoms with Crippen molar-refractivity contribution in [3.8, 4) is 0 Å². The Balaban J connectivity index is 2.07. The summed E-state index contributed by atoms with van der Waals surface area (Å²) in [4.78, 5) is 13.3. The van der Waals surface area contributed by atoms with Crippen LogP contribution in [0.15, 0.2) is 6.07 Å². The number of nitrogens with zero attached hydrogens (tertiary/aromatic N) is 3. The van der Waals surface area contributed by atoms with E-state index in [1.807, 2.05) is 11.7 Å². The average molecular weight is 235 g/mol. The largest absolute Gasteiger partial charge is 0.302 e. The van der Waals surface area contributed by atoms with Crippen LogP contribution in [0.4, 0.5) is 0 Å². The van der Waals surface area contributed by atoms with Gasteiger partial charge in [-0.2, -0.15) is 5.10 Å². The van der Waals surface area contributed by atoms with Crippen LogP contribution in [-0.2, 0) is 24.8 Å². The fraction of sp³-hybridized carbons (Fsp3) is 0.692. The second-order valence-corrected chi connectivity index (χ2v) is 4.77. The van der Waals surface area contributed by atoms with Gasteiger partial charge in [-0.05, 0) is 31.9 Å². The summed E-state index contributed by atoms with van der Waals surface area (Å²) in [5, 5.41) is 4.45. The highest BCUT2D eigenvalue weighted by molar-refractivity contribution is 5.57. The molecule has 1 saturated heterocycles. The first-order valence-corrected chi connectivity index (χ1v) is 6.45. The zero-order valence-corrected chi connectivity index (χ0v) is 10.7. The van der Waals surface area contributed by atoms with Gasteiger partial charge in [0.15, 0.2) is 0 Å². The van der Waals surface area contributed by atoms with E-state index in [9.17, 15) is 4.79 Å². The minimum absolute atomic E-state index is 0.101. The van der Waals surface area contributed by atoms with Gasteiger partial charge >= 0.3 is 0 Å². The zero-order chi connectivity index (χ0) is 12.3. The molecule has 1 aromatic rings. The van der Waals surface area contributed by atoms with E-state index in [1.54, 1.807) is 0 Å². The van der Waals surface area contributed by atoms with Gasteiger partial charge in [0.1, 0.15) is 6.29 Å². The number of aldehydes is 1. The lowest BCUT2D eigenvalue weighted by molar-refractivity contribution is -0.113. The minimum atomic E-state index is 0.101. The van der Waals surface area contributed by atoms with Crippen molar-refractivity contribution in [2.24, 2.45) is 7.05 Å². The van der Waals surface area contributed by atoms with E-state index in [0.717, 1.165) is 37.9 Å². The van der Waals surface area contributed by atoms with Crippen molar-refractivity contribution in [1.29, 1.82) is 0 Å². The van der Waals surface area contributed by atoms with E-state index in [4.69, 9.17) is 0 Å². The predicted octanol–water partition coefficient (Wildman–Crippen LogP) is 1.54. The lowest BCUT2D eigenvalue weighted by atomic mass is 10.0. The maximum Gasteiger partial charge on any atom is 0.137 e. The molecule has 0 radical (unpaired) electrons. The Morgan fingerprint density at radius 3 is 3.00 bits per heavy atom. The molecule has 1 aliphatic rings.